The van der Waals surface area contributed by atoms with Gasteiger partial charge in [0, 0.05) is 24.7 Å². The summed E-state index contributed by atoms with van der Waals surface area (Å²) in [6, 6.07) is 4.42. The van der Waals surface area contributed by atoms with Crippen LogP contribution in [-0.2, 0) is 11.8 Å². The van der Waals surface area contributed by atoms with E-state index >= 15 is 0 Å². The van der Waals surface area contributed by atoms with Crippen molar-refractivity contribution in [3.8, 4) is 11.5 Å². The third-order valence-corrected chi connectivity index (χ3v) is 20.0. The van der Waals surface area contributed by atoms with Gasteiger partial charge in [0.15, 0.2) is 20.1 Å². The summed E-state index contributed by atoms with van der Waals surface area (Å²) in [6.45, 7) is 28.7. The minimum absolute atomic E-state index is 0.0378. The van der Waals surface area contributed by atoms with Crippen molar-refractivity contribution in [3.63, 3.8) is 0 Å². The molecule has 1 aromatic carbocycles. The first-order chi connectivity index (χ1) is 17.9. The summed E-state index contributed by atoms with van der Waals surface area (Å²) < 4.78 is 13.9. The van der Waals surface area contributed by atoms with Crippen molar-refractivity contribution in [1.29, 1.82) is 0 Å². The normalized spacial score (nSPS) is 31.5. The molecule has 5 rings (SSSR count). The van der Waals surface area contributed by atoms with Crippen molar-refractivity contribution >= 4 is 22.3 Å². The summed E-state index contributed by atoms with van der Waals surface area (Å²) in [5, 5.41) is 21.8. The van der Waals surface area contributed by atoms with Gasteiger partial charge < -0.3 is 19.4 Å². The molecule has 1 aromatic rings. The Kier molecular flexibility index (Phi) is 6.62. The molecule has 2 fully saturated rings. The van der Waals surface area contributed by atoms with E-state index in [1.807, 2.05) is 6.08 Å². The molecule has 2 N–H and O–H groups in total. The van der Waals surface area contributed by atoms with Gasteiger partial charge in [-0.2, -0.15) is 5.10 Å². The molecule has 2 aliphatic carbocycles. The standard InChI is InChI=1S/C31H51N3O3Si2/c1-12-18-34-19-17-30-25-21-13-14-23(37-39(10,11)29(5,6)7)26(25)36-27(30)22(15-16-31(30,35)24(34)20-21)32-33-38(8,9)28(2,3)4/h12-14,24,27,33,35H,1,15-20H2,2-11H3/b32-22+/t24-,27+,30+,31-/m1/s1. The Labute approximate surface area is 238 Å². The van der Waals surface area contributed by atoms with Crippen molar-refractivity contribution < 1.29 is 14.3 Å². The molecule has 39 heavy (non-hydrogen) atoms. The fraction of sp³-hybridized carbons (Fsp3) is 0.710. The lowest BCUT2D eigenvalue weighted by molar-refractivity contribution is -0.163. The van der Waals surface area contributed by atoms with E-state index in [0.29, 0.717) is 6.42 Å². The van der Waals surface area contributed by atoms with Gasteiger partial charge in [0.2, 0.25) is 0 Å². The SMILES string of the molecule is C=CCN1CC[C@]23c4c5ccc(O[Si](C)(C)C(C)(C)C)c4O[C@H]2/C(=N/N[Si](C)(C)C(C)(C)C)CC[C@@]3(O)[C@H]1C5. The maximum Gasteiger partial charge on any atom is 0.250 e. The van der Waals surface area contributed by atoms with Crippen molar-refractivity contribution in [3.05, 3.63) is 35.9 Å². The van der Waals surface area contributed by atoms with E-state index in [9.17, 15) is 5.11 Å². The van der Waals surface area contributed by atoms with E-state index in [2.05, 4.69) is 96.4 Å². The van der Waals surface area contributed by atoms with Crippen LogP contribution in [0.3, 0.4) is 0 Å². The second kappa shape index (κ2) is 8.94. The molecule has 2 bridgehead atoms. The minimum atomic E-state index is -2.11. The number of nitrogens with one attached hydrogen (secondary N) is 1. The molecule has 0 aromatic heterocycles. The van der Waals surface area contributed by atoms with Gasteiger partial charge in [-0.25, -0.2) is 0 Å². The zero-order chi connectivity index (χ0) is 28.8. The Bertz CT molecular complexity index is 1200. The molecule has 0 unspecified atom stereocenters. The number of rotatable bonds is 6. The Morgan fingerprint density at radius 1 is 1.15 bits per heavy atom. The molecule has 0 radical (unpaired) electrons. The maximum atomic E-state index is 12.8. The number of hydrazone groups is 1. The first-order valence-corrected chi connectivity index (χ1v) is 20.7. The van der Waals surface area contributed by atoms with Gasteiger partial charge in [-0.3, -0.25) is 4.90 Å². The highest BCUT2D eigenvalue weighted by Crippen LogP contribution is 2.65. The van der Waals surface area contributed by atoms with Crippen LogP contribution < -0.4 is 14.3 Å². The first-order valence-electron chi connectivity index (χ1n) is 14.8. The van der Waals surface area contributed by atoms with Crippen molar-refractivity contribution in [1.82, 2.24) is 9.99 Å². The molecule has 1 saturated heterocycles. The number of hydrogen-bond acceptors (Lipinski definition) is 6. The van der Waals surface area contributed by atoms with Gasteiger partial charge in [-0.1, -0.05) is 53.7 Å². The predicted octanol–water partition coefficient (Wildman–Crippen LogP) is 6.36. The molecule has 4 aliphatic rings. The minimum Gasteiger partial charge on any atom is -0.541 e. The van der Waals surface area contributed by atoms with Crippen LogP contribution in [-0.4, -0.2) is 63.1 Å². The van der Waals surface area contributed by atoms with Crippen LogP contribution in [0.5, 0.6) is 11.5 Å². The Morgan fingerprint density at radius 3 is 2.46 bits per heavy atom. The molecule has 6 nitrogen and oxygen atoms in total. The van der Waals surface area contributed by atoms with E-state index < -0.39 is 27.6 Å². The third kappa shape index (κ3) is 4.10. The van der Waals surface area contributed by atoms with Crippen molar-refractivity contribution in [2.75, 3.05) is 13.1 Å². The average Bonchev–Trinajstić information content (AvgIpc) is 3.15. The Hall–Kier alpha value is -1.62. The molecular formula is C31H51N3O3Si2. The second-order valence-electron chi connectivity index (χ2n) is 15.5. The highest BCUT2D eigenvalue weighted by molar-refractivity contribution is 6.77. The number of benzene rings is 1. The fourth-order valence-electron chi connectivity index (χ4n) is 6.81. The average molecular weight is 570 g/mol. The lowest BCUT2D eigenvalue weighted by atomic mass is 9.49. The third-order valence-electron chi connectivity index (χ3n) is 11.3. The Morgan fingerprint density at radius 2 is 1.85 bits per heavy atom. The maximum absolute atomic E-state index is 12.8. The molecule has 8 heteroatoms. The van der Waals surface area contributed by atoms with Crippen molar-refractivity contribution in [2.24, 2.45) is 5.10 Å². The number of aliphatic hydroxyl groups is 1. The Balaban J connectivity index is 1.65. The summed E-state index contributed by atoms with van der Waals surface area (Å²) >= 11 is 0. The monoisotopic (exact) mass is 569 g/mol. The van der Waals surface area contributed by atoms with Crippen LogP contribution in [0, 0.1) is 0 Å². The quantitative estimate of drug-likeness (QED) is 0.237. The lowest BCUT2D eigenvalue weighted by Crippen LogP contribution is -2.76. The van der Waals surface area contributed by atoms with Crippen LogP contribution >= 0.6 is 0 Å². The number of hydrogen-bond donors (Lipinski definition) is 2. The zero-order valence-electron chi connectivity index (χ0n) is 26.0. The predicted molar refractivity (Wildman–Crippen MR) is 166 cm³/mol. The van der Waals surface area contributed by atoms with Crippen LogP contribution in [0.15, 0.2) is 29.9 Å². The lowest BCUT2D eigenvalue weighted by Gasteiger charge is -2.63. The van der Waals surface area contributed by atoms with Crippen molar-refractivity contribution in [2.45, 2.75) is 127 Å². The van der Waals surface area contributed by atoms with Gasteiger partial charge >= 0.3 is 0 Å². The largest absolute Gasteiger partial charge is 0.541 e. The van der Waals surface area contributed by atoms with E-state index in [0.717, 1.165) is 49.6 Å². The van der Waals surface area contributed by atoms with E-state index in [1.54, 1.807) is 0 Å². The van der Waals surface area contributed by atoms with Crippen LogP contribution in [0.2, 0.25) is 36.3 Å². The summed E-state index contributed by atoms with van der Waals surface area (Å²) in [7, 11) is -3.96. The number of likely N-dealkylation sites (tertiary alicyclic amines) is 1. The summed E-state index contributed by atoms with van der Waals surface area (Å²) in [5.41, 5.74) is 2.13. The number of ether oxygens (including phenoxy) is 1. The van der Waals surface area contributed by atoms with Crippen LogP contribution in [0.1, 0.15) is 71.9 Å². The molecular weight excluding hydrogens is 519 g/mol. The smallest absolute Gasteiger partial charge is 0.250 e. The molecule has 0 amide bonds. The van der Waals surface area contributed by atoms with E-state index in [1.165, 1.54) is 11.1 Å². The van der Waals surface area contributed by atoms with E-state index in [4.69, 9.17) is 14.3 Å². The van der Waals surface area contributed by atoms with Gasteiger partial charge in [-0.15, -0.1) is 6.58 Å². The fourth-order valence-corrected chi connectivity index (χ4v) is 8.58. The summed E-state index contributed by atoms with van der Waals surface area (Å²) in [5.74, 6) is 1.70. The second-order valence-corrected chi connectivity index (χ2v) is 25.2. The number of nitrogens with zero attached hydrogens (tertiary/aromatic N) is 2. The highest BCUT2D eigenvalue weighted by atomic mass is 28.4. The van der Waals surface area contributed by atoms with Crippen LogP contribution in [0.4, 0.5) is 0 Å². The van der Waals surface area contributed by atoms with Gasteiger partial charge in [0.25, 0.3) is 8.32 Å². The highest BCUT2D eigenvalue weighted by Gasteiger charge is 2.72. The van der Waals surface area contributed by atoms with Gasteiger partial charge in [0.1, 0.15) is 5.75 Å². The molecule has 2 heterocycles. The zero-order valence-corrected chi connectivity index (χ0v) is 28.0. The molecule has 216 valence electrons. The molecule has 1 saturated carbocycles. The topological polar surface area (TPSA) is 66.3 Å². The number of piperidine rings is 1. The summed E-state index contributed by atoms with van der Waals surface area (Å²) in [6.07, 6.45) is 4.75. The molecule has 4 atom stereocenters. The van der Waals surface area contributed by atoms with Crippen LogP contribution in [0.25, 0.3) is 0 Å². The molecule has 2 aliphatic heterocycles. The first kappa shape index (κ1) is 28.9. The van der Waals surface area contributed by atoms with Gasteiger partial charge in [0.05, 0.1) is 16.7 Å². The van der Waals surface area contributed by atoms with Gasteiger partial charge in [-0.05, 0) is 73.6 Å². The summed E-state index contributed by atoms with van der Waals surface area (Å²) in [4.78, 5) is 2.44. The molecule has 1 spiro atoms. The van der Waals surface area contributed by atoms with E-state index in [-0.39, 0.29) is 22.2 Å².